The van der Waals surface area contributed by atoms with E-state index in [0.29, 0.717) is 5.41 Å². The van der Waals surface area contributed by atoms with Crippen molar-refractivity contribution in [3.05, 3.63) is 41.8 Å². The minimum absolute atomic E-state index is 0.380. The van der Waals surface area contributed by atoms with E-state index in [1.54, 1.807) is 11.3 Å². The summed E-state index contributed by atoms with van der Waals surface area (Å²) in [5.41, 5.74) is 2.93. The van der Waals surface area contributed by atoms with E-state index in [1.807, 2.05) is 0 Å². The fourth-order valence-corrected chi connectivity index (χ4v) is 2.62. The molecule has 18 heavy (non-hydrogen) atoms. The third-order valence-corrected chi connectivity index (χ3v) is 3.81. The van der Waals surface area contributed by atoms with E-state index < -0.39 is 0 Å². The van der Waals surface area contributed by atoms with Crippen LogP contribution in [0.1, 0.15) is 27.2 Å². The molecule has 1 aromatic heterocycles. The molecule has 0 atom stereocenters. The number of thiophene rings is 1. The molecule has 2 rings (SSSR count). The van der Waals surface area contributed by atoms with Crippen LogP contribution in [0.4, 0.5) is 5.69 Å². The van der Waals surface area contributed by atoms with Gasteiger partial charge in [0.1, 0.15) is 0 Å². The van der Waals surface area contributed by atoms with Crippen molar-refractivity contribution in [1.82, 2.24) is 0 Å². The summed E-state index contributed by atoms with van der Waals surface area (Å²) < 4.78 is 0. The van der Waals surface area contributed by atoms with Gasteiger partial charge in [0.05, 0.1) is 0 Å². The molecule has 1 N–H and O–H groups in total. The smallest absolute Gasteiger partial charge is 0.0428 e. The number of hydrogen-bond donors (Lipinski definition) is 1. The van der Waals surface area contributed by atoms with Crippen LogP contribution in [0.5, 0.6) is 0 Å². The average Bonchev–Trinajstić information content (AvgIpc) is 2.81. The summed E-state index contributed by atoms with van der Waals surface area (Å²) in [6.07, 6.45) is 1.17. The predicted octanol–water partition coefficient (Wildman–Crippen LogP) is 5.26. The van der Waals surface area contributed by atoms with Crippen LogP contribution in [-0.4, -0.2) is 6.54 Å². The molecule has 2 aromatic rings. The van der Waals surface area contributed by atoms with Crippen molar-refractivity contribution in [3.63, 3.8) is 0 Å². The van der Waals surface area contributed by atoms with E-state index >= 15 is 0 Å². The Morgan fingerprint density at radius 2 is 1.83 bits per heavy atom. The molecule has 0 fully saturated rings. The van der Waals surface area contributed by atoms with E-state index in [-0.39, 0.29) is 0 Å². The van der Waals surface area contributed by atoms with Crippen LogP contribution < -0.4 is 5.32 Å². The average molecular weight is 259 g/mol. The number of nitrogens with one attached hydrogen (secondary N) is 1. The maximum absolute atomic E-state index is 3.56. The summed E-state index contributed by atoms with van der Waals surface area (Å²) in [7, 11) is 0. The van der Waals surface area contributed by atoms with Crippen molar-refractivity contribution in [1.29, 1.82) is 0 Å². The molecule has 0 unspecified atom stereocenters. The van der Waals surface area contributed by atoms with Gasteiger partial charge >= 0.3 is 0 Å². The third kappa shape index (κ3) is 3.61. The fraction of sp³-hybridized carbons (Fsp3) is 0.375. The summed E-state index contributed by atoms with van der Waals surface area (Å²) in [5, 5.41) is 5.69. The first-order valence-electron chi connectivity index (χ1n) is 6.43. The molecule has 1 nitrogen and oxygen atoms in total. The summed E-state index contributed by atoms with van der Waals surface area (Å²) in [5.74, 6) is 0. The Labute approximate surface area is 114 Å². The molecular formula is C16H21NS. The van der Waals surface area contributed by atoms with Crippen LogP contribution in [-0.2, 0) is 0 Å². The Morgan fingerprint density at radius 3 is 2.50 bits per heavy atom. The van der Waals surface area contributed by atoms with Crippen molar-refractivity contribution in [3.8, 4) is 10.4 Å². The predicted molar refractivity (Wildman–Crippen MR) is 82.3 cm³/mol. The van der Waals surface area contributed by atoms with Gasteiger partial charge in [0, 0.05) is 22.7 Å². The first kappa shape index (κ1) is 13.2. The second kappa shape index (κ2) is 5.57. The molecule has 0 spiro atoms. The number of para-hydroxylation sites is 1. The molecule has 0 saturated heterocycles. The first-order chi connectivity index (χ1) is 8.56. The molecule has 1 heterocycles. The third-order valence-electron chi connectivity index (χ3n) is 2.90. The topological polar surface area (TPSA) is 12.0 Å². The van der Waals surface area contributed by atoms with Crippen LogP contribution >= 0.6 is 11.3 Å². The number of anilines is 1. The molecule has 0 amide bonds. The van der Waals surface area contributed by atoms with E-state index in [4.69, 9.17) is 0 Å². The second-order valence-corrected chi connectivity index (χ2v) is 6.71. The van der Waals surface area contributed by atoms with Crippen molar-refractivity contribution in [2.75, 3.05) is 11.9 Å². The lowest BCUT2D eigenvalue weighted by molar-refractivity contribution is 0.390. The zero-order chi connectivity index (χ0) is 13.0. The first-order valence-corrected chi connectivity index (χ1v) is 7.31. The summed E-state index contributed by atoms with van der Waals surface area (Å²) in [6.45, 7) is 7.85. The summed E-state index contributed by atoms with van der Waals surface area (Å²) in [4.78, 5) is 1.33. The molecule has 0 aliphatic carbocycles. The molecule has 0 bridgehead atoms. The van der Waals surface area contributed by atoms with Crippen molar-refractivity contribution in [2.45, 2.75) is 27.2 Å². The zero-order valence-electron chi connectivity index (χ0n) is 11.4. The molecule has 2 heteroatoms. The monoisotopic (exact) mass is 259 g/mol. The van der Waals surface area contributed by atoms with Crippen LogP contribution in [0, 0.1) is 5.41 Å². The SMILES string of the molecule is CC(C)(C)CCNc1ccccc1-c1cccs1. The lowest BCUT2D eigenvalue weighted by Gasteiger charge is -2.19. The number of benzene rings is 1. The molecule has 96 valence electrons. The quantitative estimate of drug-likeness (QED) is 0.789. The van der Waals surface area contributed by atoms with Crippen LogP contribution in [0.3, 0.4) is 0 Å². The minimum atomic E-state index is 0.380. The van der Waals surface area contributed by atoms with Gasteiger partial charge in [0.2, 0.25) is 0 Å². The van der Waals surface area contributed by atoms with Gasteiger partial charge in [0.25, 0.3) is 0 Å². The highest BCUT2D eigenvalue weighted by Crippen LogP contribution is 2.31. The van der Waals surface area contributed by atoms with Crippen LogP contribution in [0.2, 0.25) is 0 Å². The molecular weight excluding hydrogens is 238 g/mol. The van der Waals surface area contributed by atoms with Gasteiger partial charge in [-0.1, -0.05) is 45.0 Å². The Kier molecular flexibility index (Phi) is 4.07. The lowest BCUT2D eigenvalue weighted by atomic mass is 9.92. The van der Waals surface area contributed by atoms with Gasteiger partial charge in [0.15, 0.2) is 0 Å². The molecule has 1 aromatic carbocycles. The van der Waals surface area contributed by atoms with Crippen LogP contribution in [0.25, 0.3) is 10.4 Å². The van der Waals surface area contributed by atoms with E-state index in [2.05, 4.69) is 67.9 Å². The number of hydrogen-bond acceptors (Lipinski definition) is 2. The Morgan fingerprint density at radius 1 is 1.06 bits per heavy atom. The Hall–Kier alpha value is -1.28. The zero-order valence-corrected chi connectivity index (χ0v) is 12.2. The normalized spacial score (nSPS) is 11.5. The van der Waals surface area contributed by atoms with Gasteiger partial charge in [-0.2, -0.15) is 0 Å². The lowest BCUT2D eigenvalue weighted by Crippen LogP contribution is -2.13. The summed E-state index contributed by atoms with van der Waals surface area (Å²) in [6, 6.07) is 12.8. The number of rotatable bonds is 4. The van der Waals surface area contributed by atoms with Crippen molar-refractivity contribution in [2.24, 2.45) is 5.41 Å². The minimum Gasteiger partial charge on any atom is -0.385 e. The highest BCUT2D eigenvalue weighted by molar-refractivity contribution is 7.13. The van der Waals surface area contributed by atoms with Gasteiger partial charge in [-0.15, -0.1) is 11.3 Å². The molecule has 0 aliphatic heterocycles. The van der Waals surface area contributed by atoms with Crippen molar-refractivity contribution >= 4 is 17.0 Å². The van der Waals surface area contributed by atoms with E-state index in [9.17, 15) is 0 Å². The molecule has 0 radical (unpaired) electrons. The standard InChI is InChI=1S/C16H21NS/c1-16(2,3)10-11-17-14-8-5-4-7-13(14)15-9-6-12-18-15/h4-9,12,17H,10-11H2,1-3H3. The molecule has 0 aliphatic rings. The maximum Gasteiger partial charge on any atom is 0.0428 e. The van der Waals surface area contributed by atoms with Gasteiger partial charge in [-0.3, -0.25) is 0 Å². The molecule has 0 saturated carbocycles. The highest BCUT2D eigenvalue weighted by atomic mass is 32.1. The largest absolute Gasteiger partial charge is 0.385 e. The summed E-state index contributed by atoms with van der Waals surface area (Å²) >= 11 is 1.79. The fourth-order valence-electron chi connectivity index (χ4n) is 1.86. The van der Waals surface area contributed by atoms with Gasteiger partial charge in [-0.25, -0.2) is 0 Å². The van der Waals surface area contributed by atoms with Crippen molar-refractivity contribution < 1.29 is 0 Å². The second-order valence-electron chi connectivity index (χ2n) is 5.76. The highest BCUT2D eigenvalue weighted by Gasteiger charge is 2.10. The Bertz CT molecular complexity index is 480. The van der Waals surface area contributed by atoms with E-state index in [1.165, 1.54) is 22.5 Å². The van der Waals surface area contributed by atoms with E-state index in [0.717, 1.165) is 6.54 Å². The Balaban J connectivity index is 2.09. The van der Waals surface area contributed by atoms with Gasteiger partial charge < -0.3 is 5.32 Å². The van der Waals surface area contributed by atoms with Gasteiger partial charge in [-0.05, 0) is 29.3 Å². The maximum atomic E-state index is 3.56. The van der Waals surface area contributed by atoms with Crippen LogP contribution in [0.15, 0.2) is 41.8 Å².